The Morgan fingerprint density at radius 2 is 2.21 bits per heavy atom. The average molecular weight is 324 g/mol. The molecule has 1 unspecified atom stereocenters. The van der Waals surface area contributed by atoms with Crippen LogP contribution in [0.15, 0.2) is 24.7 Å². The SMILES string of the molecule is CC(C)Nc1nccc2[nH]nc(-c3cc(C4CCCO4)ncn3)c12. The van der Waals surface area contributed by atoms with E-state index in [2.05, 4.69) is 44.3 Å². The topological polar surface area (TPSA) is 88.6 Å². The number of nitrogens with zero attached hydrogens (tertiary/aromatic N) is 4. The van der Waals surface area contributed by atoms with E-state index in [9.17, 15) is 0 Å². The Hall–Kier alpha value is -2.54. The minimum atomic E-state index is 0.0586. The molecule has 3 aromatic rings. The zero-order chi connectivity index (χ0) is 16.5. The fourth-order valence-electron chi connectivity index (χ4n) is 3.02. The number of nitrogens with one attached hydrogen (secondary N) is 2. The summed E-state index contributed by atoms with van der Waals surface area (Å²) in [6, 6.07) is 4.16. The maximum absolute atomic E-state index is 5.73. The second-order valence-electron chi connectivity index (χ2n) is 6.28. The highest BCUT2D eigenvalue weighted by Gasteiger charge is 2.21. The molecular weight excluding hydrogens is 304 g/mol. The van der Waals surface area contributed by atoms with Gasteiger partial charge in [0.1, 0.15) is 17.8 Å². The van der Waals surface area contributed by atoms with Gasteiger partial charge < -0.3 is 10.1 Å². The monoisotopic (exact) mass is 324 g/mol. The van der Waals surface area contributed by atoms with Crippen LogP contribution in [0.25, 0.3) is 22.3 Å². The maximum atomic E-state index is 5.73. The van der Waals surface area contributed by atoms with Crippen molar-refractivity contribution in [3.63, 3.8) is 0 Å². The smallest absolute Gasteiger partial charge is 0.137 e. The molecule has 7 nitrogen and oxygen atoms in total. The Morgan fingerprint density at radius 1 is 1.29 bits per heavy atom. The van der Waals surface area contributed by atoms with Crippen molar-refractivity contribution >= 4 is 16.7 Å². The quantitative estimate of drug-likeness (QED) is 0.766. The summed E-state index contributed by atoms with van der Waals surface area (Å²) in [5, 5.41) is 11.9. The van der Waals surface area contributed by atoms with Gasteiger partial charge in [-0.15, -0.1) is 0 Å². The van der Waals surface area contributed by atoms with Crippen molar-refractivity contribution in [2.75, 3.05) is 11.9 Å². The summed E-state index contributed by atoms with van der Waals surface area (Å²) < 4.78 is 5.73. The standard InChI is InChI=1S/C17H20N6O/c1-10(2)21-17-15-11(5-6-18-17)22-23-16(15)13-8-12(19-9-20-13)14-4-3-7-24-14/h5-6,8-10,14H,3-4,7H2,1-2H3,(H,18,21)(H,22,23). The van der Waals surface area contributed by atoms with Crippen molar-refractivity contribution < 1.29 is 4.74 Å². The Labute approximate surface area is 139 Å². The molecule has 0 aliphatic carbocycles. The van der Waals surface area contributed by atoms with E-state index in [4.69, 9.17) is 4.74 Å². The van der Waals surface area contributed by atoms with Crippen molar-refractivity contribution in [1.82, 2.24) is 25.1 Å². The minimum Gasteiger partial charge on any atom is -0.372 e. The van der Waals surface area contributed by atoms with Crippen LogP contribution in [0.3, 0.4) is 0 Å². The molecule has 4 rings (SSSR count). The van der Waals surface area contributed by atoms with E-state index < -0.39 is 0 Å². The lowest BCUT2D eigenvalue weighted by atomic mass is 10.1. The van der Waals surface area contributed by atoms with E-state index in [1.807, 2.05) is 12.1 Å². The molecule has 0 bridgehead atoms. The molecule has 3 aromatic heterocycles. The maximum Gasteiger partial charge on any atom is 0.137 e. The predicted octanol–water partition coefficient (Wildman–Crippen LogP) is 3.09. The summed E-state index contributed by atoms with van der Waals surface area (Å²) >= 11 is 0. The molecule has 0 aromatic carbocycles. The molecule has 24 heavy (non-hydrogen) atoms. The summed E-state index contributed by atoms with van der Waals surface area (Å²) in [6.07, 6.45) is 5.48. The van der Waals surface area contributed by atoms with Gasteiger partial charge in [-0.2, -0.15) is 5.10 Å². The number of aromatic nitrogens is 5. The van der Waals surface area contributed by atoms with E-state index in [-0.39, 0.29) is 12.1 Å². The lowest BCUT2D eigenvalue weighted by Crippen LogP contribution is -2.11. The Bertz CT molecular complexity index is 853. The molecule has 4 heterocycles. The molecule has 1 saturated heterocycles. The van der Waals surface area contributed by atoms with E-state index in [0.29, 0.717) is 0 Å². The molecule has 7 heteroatoms. The van der Waals surface area contributed by atoms with Gasteiger partial charge in [-0.1, -0.05) is 0 Å². The fraction of sp³-hybridized carbons (Fsp3) is 0.412. The summed E-state index contributed by atoms with van der Waals surface area (Å²) in [7, 11) is 0. The van der Waals surface area contributed by atoms with E-state index >= 15 is 0 Å². The van der Waals surface area contributed by atoms with Gasteiger partial charge in [0.05, 0.1) is 28.4 Å². The normalized spacial score (nSPS) is 17.7. The Balaban J connectivity index is 1.80. The Kier molecular flexibility index (Phi) is 3.86. The Morgan fingerprint density at radius 3 is 3.00 bits per heavy atom. The van der Waals surface area contributed by atoms with E-state index in [1.54, 1.807) is 12.5 Å². The number of anilines is 1. The molecule has 1 aliphatic rings. The summed E-state index contributed by atoms with van der Waals surface area (Å²) in [5.74, 6) is 0.809. The van der Waals surface area contributed by atoms with Gasteiger partial charge in [-0.3, -0.25) is 5.10 Å². The lowest BCUT2D eigenvalue weighted by molar-refractivity contribution is 0.108. The zero-order valence-electron chi connectivity index (χ0n) is 13.8. The van der Waals surface area contributed by atoms with E-state index in [1.165, 1.54) is 0 Å². The predicted molar refractivity (Wildman–Crippen MR) is 91.6 cm³/mol. The van der Waals surface area contributed by atoms with Crippen molar-refractivity contribution in [2.24, 2.45) is 0 Å². The molecule has 2 N–H and O–H groups in total. The second-order valence-corrected chi connectivity index (χ2v) is 6.28. The van der Waals surface area contributed by atoms with Crippen molar-refractivity contribution in [2.45, 2.75) is 38.8 Å². The number of hydrogen-bond acceptors (Lipinski definition) is 6. The first kappa shape index (κ1) is 15.0. The zero-order valence-corrected chi connectivity index (χ0v) is 13.8. The van der Waals surface area contributed by atoms with Crippen LogP contribution in [0.2, 0.25) is 0 Å². The van der Waals surface area contributed by atoms with Crippen molar-refractivity contribution in [3.05, 3.63) is 30.4 Å². The van der Waals surface area contributed by atoms with Crippen LogP contribution in [-0.2, 0) is 4.74 Å². The number of fused-ring (bicyclic) bond motifs is 1. The largest absolute Gasteiger partial charge is 0.372 e. The highest BCUT2D eigenvalue weighted by molar-refractivity contribution is 5.99. The van der Waals surface area contributed by atoms with Crippen LogP contribution in [0.4, 0.5) is 5.82 Å². The third kappa shape index (κ3) is 2.71. The number of aromatic amines is 1. The number of ether oxygens (including phenoxy) is 1. The lowest BCUT2D eigenvalue weighted by Gasteiger charge is -2.11. The number of pyridine rings is 1. The summed E-state index contributed by atoms with van der Waals surface area (Å²) in [6.45, 7) is 4.96. The van der Waals surface area contributed by atoms with Crippen molar-refractivity contribution in [1.29, 1.82) is 0 Å². The molecule has 0 radical (unpaired) electrons. The van der Waals surface area contributed by atoms with Crippen LogP contribution in [0, 0.1) is 0 Å². The first-order valence-electron chi connectivity index (χ1n) is 8.26. The van der Waals surface area contributed by atoms with Crippen molar-refractivity contribution in [3.8, 4) is 11.4 Å². The molecule has 0 amide bonds. The first-order valence-corrected chi connectivity index (χ1v) is 8.26. The first-order chi connectivity index (χ1) is 11.7. The minimum absolute atomic E-state index is 0.0586. The van der Waals surface area contributed by atoms with Crippen LogP contribution >= 0.6 is 0 Å². The number of hydrogen-bond donors (Lipinski definition) is 2. The highest BCUT2D eigenvalue weighted by atomic mass is 16.5. The number of rotatable bonds is 4. The molecule has 0 spiro atoms. The third-order valence-electron chi connectivity index (χ3n) is 4.09. The molecule has 1 aliphatic heterocycles. The molecule has 1 fully saturated rings. The fourth-order valence-corrected chi connectivity index (χ4v) is 3.02. The van der Waals surface area contributed by atoms with Gasteiger partial charge in [0.15, 0.2) is 0 Å². The highest BCUT2D eigenvalue weighted by Crippen LogP contribution is 2.32. The number of H-pyrrole nitrogens is 1. The van der Waals surface area contributed by atoms with Crippen LogP contribution in [0.5, 0.6) is 0 Å². The van der Waals surface area contributed by atoms with Gasteiger partial charge in [0, 0.05) is 18.8 Å². The van der Waals surface area contributed by atoms with Gasteiger partial charge >= 0.3 is 0 Å². The summed E-state index contributed by atoms with van der Waals surface area (Å²) in [5.41, 5.74) is 3.40. The molecule has 0 saturated carbocycles. The third-order valence-corrected chi connectivity index (χ3v) is 4.09. The van der Waals surface area contributed by atoms with Crippen LogP contribution in [0.1, 0.15) is 38.5 Å². The van der Waals surface area contributed by atoms with Gasteiger partial charge in [-0.05, 0) is 38.8 Å². The second kappa shape index (κ2) is 6.16. The molecule has 1 atom stereocenters. The molecular formula is C17H20N6O. The average Bonchev–Trinajstić information content (AvgIpc) is 3.25. The van der Waals surface area contributed by atoms with Gasteiger partial charge in [0.2, 0.25) is 0 Å². The summed E-state index contributed by atoms with van der Waals surface area (Å²) in [4.78, 5) is 13.3. The molecule has 124 valence electrons. The van der Waals surface area contributed by atoms with Gasteiger partial charge in [-0.25, -0.2) is 15.0 Å². The van der Waals surface area contributed by atoms with Crippen LogP contribution < -0.4 is 5.32 Å². The van der Waals surface area contributed by atoms with Crippen LogP contribution in [-0.4, -0.2) is 37.8 Å². The van der Waals surface area contributed by atoms with Gasteiger partial charge in [0.25, 0.3) is 0 Å². The van der Waals surface area contributed by atoms with E-state index in [0.717, 1.165) is 53.3 Å².